The van der Waals surface area contributed by atoms with Crippen molar-refractivity contribution in [2.24, 2.45) is 5.92 Å². The molecule has 64 heteroatoms. The summed E-state index contributed by atoms with van der Waals surface area (Å²) in [4.78, 5) is 194. The first kappa shape index (κ1) is 96.2. The number of imidazole rings is 3. The fourth-order valence-corrected chi connectivity index (χ4v) is 23.9. The van der Waals surface area contributed by atoms with Crippen molar-refractivity contribution in [2.75, 3.05) is 63.1 Å². The normalized spacial score (nSPS) is 29.9. The van der Waals surface area contributed by atoms with Gasteiger partial charge in [-0.15, -0.1) is 0 Å². The number of nitrogens with zero attached hydrogens (tertiary/aromatic N) is 15. The lowest BCUT2D eigenvalue weighted by atomic mass is 10.0. The summed E-state index contributed by atoms with van der Waals surface area (Å²) >= 11 is 26.6. The number of aryl methyl sites for hydroxylation is 3. The fraction of sp³-hybridized carbons (Fsp3) is 0.571. The Morgan fingerprint density at radius 3 is 1.20 bits per heavy atom. The number of thiol groups is 6. The zero-order valence-corrected chi connectivity index (χ0v) is 78.0. The Bertz CT molecular complexity index is 5910. The van der Waals surface area contributed by atoms with E-state index in [4.69, 9.17) is 106 Å². The van der Waals surface area contributed by atoms with Crippen LogP contribution in [-0.2, 0) is 82.7 Å². The zero-order valence-electron chi connectivity index (χ0n) is 67.2. The highest BCUT2D eigenvalue weighted by atomic mass is 32.7. The van der Waals surface area contributed by atoms with Gasteiger partial charge in [0.1, 0.15) is 167 Å². The van der Waals surface area contributed by atoms with Crippen molar-refractivity contribution in [2.45, 2.75) is 184 Å². The number of rotatable bonds is 35. The molecule has 17 N–H and O–H groups in total. The molecule has 25 atom stereocenters. The van der Waals surface area contributed by atoms with Crippen molar-refractivity contribution in [3.05, 3.63) is 129 Å². The van der Waals surface area contributed by atoms with E-state index in [-0.39, 0.29) is 100 Å². The van der Waals surface area contributed by atoms with Crippen molar-refractivity contribution < 1.29 is 112 Å². The molecular weight excluding hydrogens is 1920 g/mol. The predicted octanol–water partition coefficient (Wildman–Crippen LogP) is 3.43. The molecule has 0 amide bonds. The molecule has 0 aliphatic carbocycles. The number of hydrogen-bond acceptors (Lipinski definition) is 49. The second-order valence-electron chi connectivity index (χ2n) is 29.9. The second kappa shape index (κ2) is 38.5. The Kier molecular flexibility index (Phi) is 29.2. The highest BCUT2D eigenvalue weighted by Gasteiger charge is 2.60. The van der Waals surface area contributed by atoms with Gasteiger partial charge in [-0.1, -0.05) is 13.8 Å². The van der Waals surface area contributed by atoms with Crippen molar-refractivity contribution in [1.82, 2.24) is 87.2 Å². The molecular formula is C63H90N22O30P6S6+6. The van der Waals surface area contributed by atoms with E-state index in [1.165, 1.54) is 82.3 Å². The summed E-state index contributed by atoms with van der Waals surface area (Å²) in [5.74, 6) is -0.938. The average molecular weight is 2010 g/mol. The van der Waals surface area contributed by atoms with Gasteiger partial charge in [0.2, 0.25) is 5.95 Å². The molecule has 0 aromatic carbocycles. The van der Waals surface area contributed by atoms with E-state index in [0.29, 0.717) is 12.0 Å². The van der Waals surface area contributed by atoms with Gasteiger partial charge < -0.3 is 51.4 Å². The molecule has 15 heterocycles. The zero-order chi connectivity index (χ0) is 91.1. The SMILES string of the molecule is CC[C@H]1O[C@@H](n2cc(C)c(N)nc2=O)CC1O[P+](O)(S)OC[C@H]1O[C@@H](n2cnc3c(N)ncnc32)CC1O[P+](O)(S)OC[C@H]1O[C@@H](n2cc(C)c(=O)[nH]c2=O)CC1O[P+](O)(S)OC[C@H]1O[C@@H](n2cnc3c(=O)[nH]c(N)nc32)CC1O[P+](O)(S)OC[C@H]1O[C@@H](n2cnc3c(N)ncnc32)CC1O[P+](O)(S)OC[C@H]1O[C@@H](n2cc(C)c(=O)[nH]c2=O)[C@@H](C)C1O[P+](O)(S)OC. The smallest absolute Gasteiger partial charge is 0.383 e. The lowest BCUT2D eigenvalue weighted by Crippen LogP contribution is -2.35. The van der Waals surface area contributed by atoms with Crippen LogP contribution < -0.4 is 56.7 Å². The highest BCUT2D eigenvalue weighted by molar-refractivity contribution is 8.48. The maximum Gasteiger partial charge on any atom is 0.475 e. The fourth-order valence-electron chi connectivity index (χ4n) is 15.1. The van der Waals surface area contributed by atoms with Gasteiger partial charge in [0, 0.05) is 73.3 Å². The van der Waals surface area contributed by atoms with E-state index in [1.807, 2.05) is 6.92 Å². The molecule has 6 fully saturated rings. The molecule has 692 valence electrons. The average Bonchev–Trinajstić information content (AvgIpc) is 1.56. The topological polar surface area (TPSA) is 687 Å². The lowest BCUT2D eigenvalue weighted by molar-refractivity contribution is -0.0572. The molecule has 0 saturated carbocycles. The number of hydrogen-bond donors (Lipinski definition) is 19. The van der Waals surface area contributed by atoms with Crippen molar-refractivity contribution in [1.29, 1.82) is 0 Å². The predicted molar refractivity (Wildman–Crippen MR) is 473 cm³/mol. The molecule has 0 radical (unpaired) electrons. The standard InChI is InChI=1S/C63H86N22O30P6S6/c1-7-30-31(8-41(104-30)80-13-26(2)50(64)75-61(80)89)110-117(93,123)99-17-37-33(10-43(106-37)83-23-72-46-51(65)68-21-70-53(46)83)112-119(95,125)100-16-36-32(9-42(105-36)81-14-27(3)56(86)78-62(81)90)111-118(94,124)102-19-39-35(12-45(108-39)85-25-74-48-55(85)76-60(67)77-58(48)88)113-120(96,126)101-18-38-34(11-44(107-38)84-24-73-47-52(66)69-22-71-54(47)84)114-121(97,127)103-20-40-49(115-116(92,122)98-6)29(5)59(109-40)82-15-28(4)57(87)79-63(82)91/h13-15,21-25,29-45,49,59,92-97,122-127H,7-12,16-20H2,1-6H3,(H7-4,64,65,66,67,68,69,70,71,75,76,77,78,79,86,87,88,89,90,91)/q+2/p+4/t29-,30+,31?,32?,33?,34?,35?,36+,37+,38+,39+,40+,41+,42+,43+,44+,45+,49?,59+,116?,117?,118?,119?,120?,121?/m0/s1. The molecule has 0 spiro atoms. The number of nitrogens with two attached hydrogens (primary N) is 4. The minimum absolute atomic E-state index is 0.0331. The number of H-pyrrole nitrogens is 3. The molecule has 6 saturated heterocycles. The Balaban J connectivity index is 0.646. The number of aromatic nitrogens is 18. The quantitative estimate of drug-likeness (QED) is 0.0200. The van der Waals surface area contributed by atoms with Gasteiger partial charge >= 0.3 is 59.9 Å². The second-order valence-corrected chi connectivity index (χ2v) is 47.9. The molecule has 9 aromatic heterocycles. The molecule has 6 aliphatic heterocycles. The minimum Gasteiger partial charge on any atom is -0.383 e. The van der Waals surface area contributed by atoms with Crippen molar-refractivity contribution in [3.8, 4) is 0 Å². The van der Waals surface area contributed by atoms with Crippen LogP contribution in [0.25, 0.3) is 33.5 Å². The lowest BCUT2D eigenvalue weighted by Gasteiger charge is -2.24. The third kappa shape index (κ3) is 21.9. The summed E-state index contributed by atoms with van der Waals surface area (Å²) in [7, 11) is -24.8. The van der Waals surface area contributed by atoms with Gasteiger partial charge in [-0.2, -0.15) is 93.6 Å². The van der Waals surface area contributed by atoms with Crippen LogP contribution in [0.1, 0.15) is 106 Å². The Morgan fingerprint density at radius 1 is 0.417 bits per heavy atom. The third-order valence-corrected chi connectivity index (χ3v) is 31.4. The summed E-state index contributed by atoms with van der Waals surface area (Å²) in [5.41, 5.74) is 21.2. The minimum atomic E-state index is -4.57. The first-order valence-corrected chi connectivity index (χ1v) is 54.8. The molecule has 127 heavy (non-hydrogen) atoms. The van der Waals surface area contributed by atoms with Gasteiger partial charge in [-0.3, -0.25) is 56.7 Å². The van der Waals surface area contributed by atoms with Crippen LogP contribution in [0.4, 0.5) is 23.4 Å². The molecule has 0 bridgehead atoms. The Labute approximate surface area is 750 Å². The van der Waals surface area contributed by atoms with E-state index in [9.17, 15) is 58.1 Å². The number of nitrogens with one attached hydrogen (secondary N) is 3. The molecule has 6 aliphatic rings. The van der Waals surface area contributed by atoms with Crippen LogP contribution in [0.3, 0.4) is 0 Å². The Morgan fingerprint density at radius 2 is 0.780 bits per heavy atom. The molecule has 12 unspecified atom stereocenters. The van der Waals surface area contributed by atoms with E-state index in [1.54, 1.807) is 13.8 Å². The number of ether oxygens (including phenoxy) is 6. The van der Waals surface area contributed by atoms with Crippen molar-refractivity contribution >= 4 is 173 Å². The van der Waals surface area contributed by atoms with Gasteiger partial charge in [-0.25, -0.2) is 49.3 Å². The summed E-state index contributed by atoms with van der Waals surface area (Å²) in [6.07, 6.45) is -11.0. The van der Waals surface area contributed by atoms with Gasteiger partial charge in [0.15, 0.2) is 34.1 Å². The third-order valence-electron chi connectivity index (χ3n) is 21.4. The first-order chi connectivity index (χ1) is 59.9. The summed E-state index contributed by atoms with van der Waals surface area (Å²) in [5, 5.41) is 0. The van der Waals surface area contributed by atoms with Crippen molar-refractivity contribution in [3.63, 3.8) is 0 Å². The van der Waals surface area contributed by atoms with Crippen LogP contribution in [0.2, 0.25) is 0 Å². The number of aromatic amines is 3. The monoisotopic (exact) mass is 2010 g/mol. The van der Waals surface area contributed by atoms with Gasteiger partial charge in [-0.05, 0) is 27.2 Å². The van der Waals surface area contributed by atoms with E-state index in [0.717, 1.165) is 16.2 Å². The number of anilines is 4. The molecule has 9 aromatic rings. The summed E-state index contributed by atoms with van der Waals surface area (Å²) in [6.45, 7) is 4.87. The highest BCUT2D eigenvalue weighted by Crippen LogP contribution is 2.70. The Hall–Kier alpha value is -5.39. The summed E-state index contributed by atoms with van der Waals surface area (Å²) < 4.78 is 119. The van der Waals surface area contributed by atoms with E-state index in [2.05, 4.69) is 133 Å². The summed E-state index contributed by atoms with van der Waals surface area (Å²) in [6, 6.07) is 0. The van der Waals surface area contributed by atoms with Crippen LogP contribution >= 0.6 is 116 Å². The van der Waals surface area contributed by atoms with E-state index < -0.39 is 226 Å². The number of fused-ring (bicyclic) bond motifs is 3. The maximum absolute atomic E-state index is 13.6. The number of nitrogen functional groups attached to an aromatic ring is 4. The van der Waals surface area contributed by atoms with Crippen LogP contribution in [0, 0.1) is 26.7 Å². The molecule has 15 rings (SSSR count). The first-order valence-electron chi connectivity index (χ1n) is 38.4. The van der Waals surface area contributed by atoms with Crippen LogP contribution in [0.15, 0.2) is 79.0 Å². The maximum atomic E-state index is 13.6. The van der Waals surface area contributed by atoms with Crippen LogP contribution in [-0.4, -0.2) is 230 Å². The van der Waals surface area contributed by atoms with Gasteiger partial charge in [0.05, 0.1) is 106 Å². The van der Waals surface area contributed by atoms with E-state index >= 15 is 0 Å². The molecule has 52 nitrogen and oxygen atoms in total. The van der Waals surface area contributed by atoms with Crippen LogP contribution in [0.5, 0.6) is 0 Å². The van der Waals surface area contributed by atoms with Gasteiger partial charge in [0.25, 0.3) is 16.7 Å². The largest absolute Gasteiger partial charge is 0.475 e.